The lowest BCUT2D eigenvalue weighted by molar-refractivity contribution is 0.224. The van der Waals surface area contributed by atoms with Crippen molar-refractivity contribution in [3.8, 4) is 0 Å². The summed E-state index contributed by atoms with van der Waals surface area (Å²) in [5.41, 5.74) is 1.08. The molecular weight excluding hydrogens is 276 g/mol. The fourth-order valence-corrected chi connectivity index (χ4v) is 2.53. The van der Waals surface area contributed by atoms with Crippen LogP contribution in [0, 0.1) is 0 Å². The average Bonchev–Trinajstić information content (AvgIpc) is 2.87. The highest BCUT2D eigenvalue weighted by Gasteiger charge is 2.14. The molecule has 1 aromatic carbocycles. The van der Waals surface area contributed by atoms with E-state index in [1.165, 1.54) is 0 Å². The number of hydrogen-bond acceptors (Lipinski definition) is 5. The van der Waals surface area contributed by atoms with Crippen molar-refractivity contribution in [3.63, 3.8) is 0 Å². The number of halogens is 1. The Labute approximate surface area is 122 Å². The van der Waals surface area contributed by atoms with Gasteiger partial charge in [0.05, 0.1) is 13.0 Å². The van der Waals surface area contributed by atoms with Crippen molar-refractivity contribution < 1.29 is 4.52 Å². The second kappa shape index (κ2) is 6.35. The first-order chi connectivity index (χ1) is 9.79. The molecule has 0 amide bonds. The van der Waals surface area contributed by atoms with Crippen LogP contribution in [0.5, 0.6) is 0 Å². The number of piperazine rings is 1. The van der Waals surface area contributed by atoms with E-state index in [1.807, 2.05) is 24.3 Å². The third-order valence-corrected chi connectivity index (χ3v) is 3.56. The summed E-state index contributed by atoms with van der Waals surface area (Å²) in [5.74, 6) is 1.39. The summed E-state index contributed by atoms with van der Waals surface area (Å²) >= 11 is 5.97. The smallest absolute Gasteiger partial charge is 0.231 e. The van der Waals surface area contributed by atoms with E-state index in [4.69, 9.17) is 16.1 Å². The Morgan fingerprint density at radius 1 is 1.30 bits per heavy atom. The lowest BCUT2D eigenvalue weighted by Crippen LogP contribution is -2.43. The van der Waals surface area contributed by atoms with Gasteiger partial charge in [0.25, 0.3) is 0 Å². The van der Waals surface area contributed by atoms with Gasteiger partial charge in [0.2, 0.25) is 5.89 Å². The summed E-state index contributed by atoms with van der Waals surface area (Å²) in [4.78, 5) is 6.77. The Morgan fingerprint density at radius 2 is 2.15 bits per heavy atom. The zero-order valence-corrected chi connectivity index (χ0v) is 11.9. The van der Waals surface area contributed by atoms with Crippen LogP contribution in [-0.4, -0.2) is 41.2 Å². The van der Waals surface area contributed by atoms with Crippen LogP contribution in [0.2, 0.25) is 5.02 Å². The van der Waals surface area contributed by atoms with E-state index in [2.05, 4.69) is 20.4 Å². The number of hydrogen-bond donors (Lipinski definition) is 1. The maximum atomic E-state index is 5.97. The summed E-state index contributed by atoms with van der Waals surface area (Å²) in [6, 6.07) is 7.71. The first kappa shape index (κ1) is 13.5. The predicted octanol–water partition coefficient (Wildman–Crippen LogP) is 1.72. The maximum Gasteiger partial charge on any atom is 0.231 e. The molecule has 20 heavy (non-hydrogen) atoms. The van der Waals surface area contributed by atoms with E-state index in [-0.39, 0.29) is 0 Å². The standard InChI is InChI=1S/C14H17ClN4O/c15-12-3-1-2-11(8-12)9-14-17-13(18-20-14)10-19-6-4-16-5-7-19/h1-3,8,16H,4-7,9-10H2. The highest BCUT2D eigenvalue weighted by Crippen LogP contribution is 2.14. The van der Waals surface area contributed by atoms with Gasteiger partial charge in [0.1, 0.15) is 0 Å². The molecule has 0 spiro atoms. The van der Waals surface area contributed by atoms with E-state index < -0.39 is 0 Å². The van der Waals surface area contributed by atoms with Gasteiger partial charge in [-0.05, 0) is 17.7 Å². The average molecular weight is 293 g/mol. The molecular formula is C14H17ClN4O. The Kier molecular flexibility index (Phi) is 4.30. The van der Waals surface area contributed by atoms with Crippen LogP contribution in [0.15, 0.2) is 28.8 Å². The van der Waals surface area contributed by atoms with Gasteiger partial charge in [-0.2, -0.15) is 4.98 Å². The fraction of sp³-hybridized carbons (Fsp3) is 0.429. The maximum absolute atomic E-state index is 5.97. The quantitative estimate of drug-likeness (QED) is 0.930. The van der Waals surface area contributed by atoms with Crippen molar-refractivity contribution in [1.29, 1.82) is 0 Å². The third kappa shape index (κ3) is 3.56. The second-order valence-electron chi connectivity index (χ2n) is 4.94. The lowest BCUT2D eigenvalue weighted by Gasteiger charge is -2.25. The molecule has 0 atom stereocenters. The number of nitrogens with one attached hydrogen (secondary N) is 1. The van der Waals surface area contributed by atoms with Crippen LogP contribution in [0.3, 0.4) is 0 Å². The largest absolute Gasteiger partial charge is 0.339 e. The molecule has 1 aliphatic heterocycles. The SMILES string of the molecule is Clc1cccc(Cc2nc(CN3CCNCC3)no2)c1. The van der Waals surface area contributed by atoms with Gasteiger partial charge in [0.15, 0.2) is 5.82 Å². The van der Waals surface area contributed by atoms with Crippen LogP contribution >= 0.6 is 11.6 Å². The Balaban J connectivity index is 1.61. The minimum absolute atomic E-state index is 0.620. The van der Waals surface area contributed by atoms with Crippen LogP contribution < -0.4 is 5.32 Å². The molecule has 0 radical (unpaired) electrons. The van der Waals surface area contributed by atoms with E-state index in [0.717, 1.165) is 49.1 Å². The first-order valence-electron chi connectivity index (χ1n) is 6.78. The van der Waals surface area contributed by atoms with Gasteiger partial charge >= 0.3 is 0 Å². The molecule has 0 unspecified atom stereocenters. The van der Waals surface area contributed by atoms with Gasteiger partial charge in [0, 0.05) is 31.2 Å². The van der Waals surface area contributed by atoms with E-state index in [1.54, 1.807) is 0 Å². The van der Waals surface area contributed by atoms with Gasteiger partial charge < -0.3 is 9.84 Å². The van der Waals surface area contributed by atoms with Crippen LogP contribution in [-0.2, 0) is 13.0 Å². The van der Waals surface area contributed by atoms with Crippen LogP contribution in [0.4, 0.5) is 0 Å². The molecule has 1 fully saturated rings. The number of benzene rings is 1. The Hall–Kier alpha value is -1.43. The van der Waals surface area contributed by atoms with Crippen LogP contribution in [0.25, 0.3) is 0 Å². The zero-order valence-electron chi connectivity index (χ0n) is 11.2. The van der Waals surface area contributed by atoms with Gasteiger partial charge in [-0.25, -0.2) is 0 Å². The zero-order chi connectivity index (χ0) is 13.8. The molecule has 5 nitrogen and oxygen atoms in total. The Morgan fingerprint density at radius 3 is 2.95 bits per heavy atom. The summed E-state index contributed by atoms with van der Waals surface area (Å²) < 4.78 is 5.30. The molecule has 2 heterocycles. The summed E-state index contributed by atoms with van der Waals surface area (Å²) in [5, 5.41) is 8.10. The molecule has 0 aliphatic carbocycles. The molecule has 0 bridgehead atoms. The first-order valence-corrected chi connectivity index (χ1v) is 7.16. The summed E-state index contributed by atoms with van der Waals surface area (Å²) in [6.07, 6.45) is 0.620. The molecule has 2 aromatic rings. The minimum Gasteiger partial charge on any atom is -0.339 e. The minimum atomic E-state index is 0.620. The summed E-state index contributed by atoms with van der Waals surface area (Å²) in [7, 11) is 0. The van der Waals surface area contributed by atoms with Crippen molar-refractivity contribution in [2.24, 2.45) is 0 Å². The van der Waals surface area contributed by atoms with Gasteiger partial charge in [-0.15, -0.1) is 0 Å². The topological polar surface area (TPSA) is 54.2 Å². The highest BCUT2D eigenvalue weighted by atomic mass is 35.5. The highest BCUT2D eigenvalue weighted by molar-refractivity contribution is 6.30. The summed E-state index contributed by atoms with van der Waals surface area (Å²) in [6.45, 7) is 4.84. The molecule has 6 heteroatoms. The molecule has 106 valence electrons. The molecule has 1 N–H and O–H groups in total. The van der Waals surface area contributed by atoms with Crippen molar-refractivity contribution in [2.75, 3.05) is 26.2 Å². The number of aromatic nitrogens is 2. The molecule has 0 saturated carbocycles. The van der Waals surface area contributed by atoms with Gasteiger partial charge in [-0.3, -0.25) is 4.90 Å². The fourth-order valence-electron chi connectivity index (χ4n) is 2.32. The lowest BCUT2D eigenvalue weighted by atomic mass is 10.1. The molecule has 1 saturated heterocycles. The Bertz CT molecular complexity index is 566. The van der Waals surface area contributed by atoms with Crippen molar-refractivity contribution in [2.45, 2.75) is 13.0 Å². The third-order valence-electron chi connectivity index (χ3n) is 3.33. The second-order valence-corrected chi connectivity index (χ2v) is 5.37. The van der Waals surface area contributed by atoms with Crippen molar-refractivity contribution in [1.82, 2.24) is 20.4 Å². The monoisotopic (exact) mass is 292 g/mol. The van der Waals surface area contributed by atoms with E-state index in [0.29, 0.717) is 12.3 Å². The molecule has 1 aromatic heterocycles. The van der Waals surface area contributed by atoms with Crippen molar-refractivity contribution in [3.05, 3.63) is 46.6 Å². The van der Waals surface area contributed by atoms with Crippen molar-refractivity contribution >= 4 is 11.6 Å². The van der Waals surface area contributed by atoms with Gasteiger partial charge in [-0.1, -0.05) is 28.9 Å². The number of nitrogens with zero attached hydrogens (tertiary/aromatic N) is 3. The molecule has 3 rings (SSSR count). The van der Waals surface area contributed by atoms with E-state index >= 15 is 0 Å². The number of rotatable bonds is 4. The van der Waals surface area contributed by atoms with E-state index in [9.17, 15) is 0 Å². The predicted molar refractivity (Wildman–Crippen MR) is 76.7 cm³/mol. The van der Waals surface area contributed by atoms with Crippen LogP contribution in [0.1, 0.15) is 17.3 Å². The molecule has 1 aliphatic rings. The normalized spacial score (nSPS) is 16.4.